The van der Waals surface area contributed by atoms with Gasteiger partial charge in [-0.25, -0.2) is 0 Å². The van der Waals surface area contributed by atoms with Crippen LogP contribution in [0.4, 0.5) is 0 Å². The first-order chi connectivity index (χ1) is 3.93. The van der Waals surface area contributed by atoms with Crippen LogP contribution in [0, 0.1) is 0 Å². The molecule has 0 amide bonds. The highest BCUT2D eigenvalue weighted by Gasteiger charge is 1.93. The number of rotatable bonds is 1. The van der Waals surface area contributed by atoms with Crippen molar-refractivity contribution in [2.75, 3.05) is 5.88 Å². The standard InChI is InChI=1S/C6H8ClN/c7-4-6-2-1-3-8-5-6/h1,3,5,8H,2,4H2. The second-order valence-corrected chi connectivity index (χ2v) is 1.98. The number of hydrogen-bond donors (Lipinski definition) is 1. The van der Waals surface area contributed by atoms with Crippen molar-refractivity contribution in [2.45, 2.75) is 6.42 Å². The lowest BCUT2D eigenvalue weighted by atomic mass is 10.2. The zero-order valence-corrected chi connectivity index (χ0v) is 5.28. The summed E-state index contributed by atoms with van der Waals surface area (Å²) in [6.07, 6.45) is 6.90. The molecule has 0 saturated carbocycles. The maximum absolute atomic E-state index is 5.54. The van der Waals surface area contributed by atoms with Gasteiger partial charge in [0.15, 0.2) is 0 Å². The molecule has 1 aliphatic rings. The molecule has 1 N–H and O–H groups in total. The summed E-state index contributed by atoms with van der Waals surface area (Å²) in [6.45, 7) is 0. The quantitative estimate of drug-likeness (QED) is 0.531. The van der Waals surface area contributed by atoms with Gasteiger partial charge in [-0.15, -0.1) is 11.6 Å². The van der Waals surface area contributed by atoms with Crippen LogP contribution in [0.1, 0.15) is 6.42 Å². The van der Waals surface area contributed by atoms with E-state index in [9.17, 15) is 0 Å². The maximum atomic E-state index is 5.54. The minimum absolute atomic E-state index is 0.636. The third-order valence-corrected chi connectivity index (χ3v) is 1.40. The topological polar surface area (TPSA) is 12.0 Å². The van der Waals surface area contributed by atoms with Gasteiger partial charge in [0, 0.05) is 12.1 Å². The number of nitrogens with one attached hydrogen (secondary N) is 1. The van der Waals surface area contributed by atoms with Crippen LogP contribution >= 0.6 is 11.6 Å². The van der Waals surface area contributed by atoms with E-state index in [4.69, 9.17) is 11.6 Å². The van der Waals surface area contributed by atoms with Gasteiger partial charge in [0.1, 0.15) is 0 Å². The molecule has 0 aromatic rings. The molecule has 44 valence electrons. The summed E-state index contributed by atoms with van der Waals surface area (Å²) in [5.74, 6) is 0.636. The van der Waals surface area contributed by atoms with Gasteiger partial charge in [0.25, 0.3) is 0 Å². The Hall–Kier alpha value is -0.430. The summed E-state index contributed by atoms with van der Waals surface area (Å²) in [5.41, 5.74) is 1.24. The highest BCUT2D eigenvalue weighted by Crippen LogP contribution is 2.05. The average Bonchev–Trinajstić information content (AvgIpc) is 1.90. The van der Waals surface area contributed by atoms with Crippen LogP contribution in [-0.4, -0.2) is 5.88 Å². The molecule has 0 spiro atoms. The number of allylic oxidation sites excluding steroid dienone is 2. The summed E-state index contributed by atoms with van der Waals surface area (Å²) in [7, 11) is 0. The van der Waals surface area contributed by atoms with Gasteiger partial charge < -0.3 is 5.32 Å². The zero-order chi connectivity index (χ0) is 5.82. The van der Waals surface area contributed by atoms with E-state index >= 15 is 0 Å². The van der Waals surface area contributed by atoms with Crippen molar-refractivity contribution in [1.82, 2.24) is 5.32 Å². The van der Waals surface area contributed by atoms with E-state index in [2.05, 4.69) is 11.4 Å². The summed E-state index contributed by atoms with van der Waals surface area (Å²) in [4.78, 5) is 0. The van der Waals surface area contributed by atoms with Crippen LogP contribution in [0.25, 0.3) is 0 Å². The normalized spacial score (nSPS) is 17.4. The SMILES string of the molecule is ClCC1=CNC=CC1. The van der Waals surface area contributed by atoms with Gasteiger partial charge in [-0.2, -0.15) is 0 Å². The molecule has 1 aliphatic heterocycles. The Kier molecular flexibility index (Phi) is 1.98. The number of dihydropyridines is 1. The Morgan fingerprint density at radius 1 is 1.75 bits per heavy atom. The smallest absolute Gasteiger partial charge is 0.0453 e. The molecule has 1 rings (SSSR count). The van der Waals surface area contributed by atoms with Crippen LogP contribution in [0.5, 0.6) is 0 Å². The van der Waals surface area contributed by atoms with E-state index in [1.54, 1.807) is 0 Å². The second-order valence-electron chi connectivity index (χ2n) is 1.71. The highest BCUT2D eigenvalue weighted by atomic mass is 35.5. The fourth-order valence-electron chi connectivity index (χ4n) is 0.596. The Labute approximate surface area is 54.0 Å². The number of hydrogen-bond acceptors (Lipinski definition) is 1. The van der Waals surface area contributed by atoms with Crippen molar-refractivity contribution >= 4 is 11.6 Å². The molecule has 0 saturated heterocycles. The minimum Gasteiger partial charge on any atom is -0.368 e. The van der Waals surface area contributed by atoms with Gasteiger partial charge in [-0.05, 0) is 18.2 Å². The van der Waals surface area contributed by atoms with Crippen molar-refractivity contribution in [2.24, 2.45) is 0 Å². The first-order valence-corrected chi connectivity index (χ1v) is 3.12. The lowest BCUT2D eigenvalue weighted by molar-refractivity contribution is 1.04. The van der Waals surface area contributed by atoms with Gasteiger partial charge >= 0.3 is 0 Å². The Morgan fingerprint density at radius 3 is 3.00 bits per heavy atom. The number of alkyl halides is 1. The van der Waals surface area contributed by atoms with Crippen LogP contribution in [0.15, 0.2) is 24.0 Å². The summed E-state index contributed by atoms with van der Waals surface area (Å²) in [5, 5.41) is 2.96. The summed E-state index contributed by atoms with van der Waals surface area (Å²) in [6, 6.07) is 0. The molecule has 0 radical (unpaired) electrons. The third-order valence-electron chi connectivity index (χ3n) is 1.05. The summed E-state index contributed by atoms with van der Waals surface area (Å²) >= 11 is 5.54. The molecule has 0 fully saturated rings. The van der Waals surface area contributed by atoms with E-state index in [0.717, 1.165) is 6.42 Å². The van der Waals surface area contributed by atoms with Gasteiger partial charge in [-0.1, -0.05) is 6.08 Å². The van der Waals surface area contributed by atoms with E-state index in [-0.39, 0.29) is 0 Å². The first kappa shape index (κ1) is 5.70. The molecule has 1 heterocycles. The van der Waals surface area contributed by atoms with Gasteiger partial charge in [-0.3, -0.25) is 0 Å². The molecule has 0 aliphatic carbocycles. The molecule has 0 bridgehead atoms. The minimum atomic E-state index is 0.636. The van der Waals surface area contributed by atoms with Crippen molar-refractivity contribution in [1.29, 1.82) is 0 Å². The van der Waals surface area contributed by atoms with Gasteiger partial charge in [0.05, 0.1) is 0 Å². The lowest BCUT2D eigenvalue weighted by Gasteiger charge is -2.03. The predicted molar refractivity (Wildman–Crippen MR) is 35.7 cm³/mol. The lowest BCUT2D eigenvalue weighted by Crippen LogP contribution is -2.01. The van der Waals surface area contributed by atoms with Gasteiger partial charge in [0.2, 0.25) is 0 Å². The zero-order valence-electron chi connectivity index (χ0n) is 4.52. The largest absolute Gasteiger partial charge is 0.368 e. The predicted octanol–water partition coefficient (Wildman–Crippen LogP) is 1.62. The van der Waals surface area contributed by atoms with Crippen LogP contribution in [0.3, 0.4) is 0 Å². The van der Waals surface area contributed by atoms with Crippen LogP contribution in [-0.2, 0) is 0 Å². The third kappa shape index (κ3) is 1.27. The van der Waals surface area contributed by atoms with Crippen molar-refractivity contribution in [3.63, 3.8) is 0 Å². The molecule has 8 heavy (non-hydrogen) atoms. The Balaban J connectivity index is 2.43. The average molecular weight is 130 g/mol. The second kappa shape index (κ2) is 2.78. The van der Waals surface area contributed by atoms with E-state index < -0.39 is 0 Å². The molecule has 0 aromatic carbocycles. The van der Waals surface area contributed by atoms with Crippen molar-refractivity contribution in [3.8, 4) is 0 Å². The molecular weight excluding hydrogens is 122 g/mol. The fourth-order valence-corrected chi connectivity index (χ4v) is 0.783. The highest BCUT2D eigenvalue weighted by molar-refractivity contribution is 6.19. The molecular formula is C6H8ClN. The van der Waals surface area contributed by atoms with Crippen LogP contribution in [0.2, 0.25) is 0 Å². The molecule has 0 atom stereocenters. The molecule has 0 aromatic heterocycles. The monoisotopic (exact) mass is 129 g/mol. The summed E-state index contributed by atoms with van der Waals surface area (Å²) < 4.78 is 0. The maximum Gasteiger partial charge on any atom is 0.0453 e. The molecule has 2 heteroatoms. The fraction of sp³-hybridized carbons (Fsp3) is 0.333. The van der Waals surface area contributed by atoms with Crippen molar-refractivity contribution < 1.29 is 0 Å². The van der Waals surface area contributed by atoms with E-state index in [0.29, 0.717) is 5.88 Å². The molecule has 0 unspecified atom stereocenters. The Morgan fingerprint density at radius 2 is 2.62 bits per heavy atom. The first-order valence-electron chi connectivity index (χ1n) is 2.58. The van der Waals surface area contributed by atoms with Crippen LogP contribution < -0.4 is 5.32 Å². The molecule has 1 nitrogen and oxygen atoms in total. The number of halogens is 1. The Bertz CT molecular complexity index is 126. The van der Waals surface area contributed by atoms with Crippen molar-refractivity contribution in [3.05, 3.63) is 24.0 Å². The van der Waals surface area contributed by atoms with E-state index in [1.165, 1.54) is 5.57 Å². The van der Waals surface area contributed by atoms with E-state index in [1.807, 2.05) is 12.4 Å².